The van der Waals surface area contributed by atoms with Crippen LogP contribution in [0.15, 0.2) is 22.8 Å². The van der Waals surface area contributed by atoms with Crippen LogP contribution in [0.3, 0.4) is 0 Å². The maximum atomic E-state index is 12.5. The van der Waals surface area contributed by atoms with Crippen molar-refractivity contribution in [1.29, 1.82) is 0 Å². The third-order valence-electron chi connectivity index (χ3n) is 3.65. The predicted molar refractivity (Wildman–Crippen MR) is 82.0 cm³/mol. The van der Waals surface area contributed by atoms with Crippen molar-refractivity contribution in [2.24, 2.45) is 0 Å². The normalized spacial score (nSPS) is 21.0. The first-order valence-electron chi connectivity index (χ1n) is 7.51. The molecule has 0 radical (unpaired) electrons. The molecule has 1 aliphatic rings. The van der Waals surface area contributed by atoms with E-state index in [0.717, 1.165) is 19.3 Å². The van der Waals surface area contributed by atoms with Crippen molar-refractivity contribution in [3.63, 3.8) is 0 Å². The zero-order chi connectivity index (χ0) is 15.3. The van der Waals surface area contributed by atoms with Crippen LogP contribution < -0.4 is 10.0 Å². The van der Waals surface area contributed by atoms with Crippen LogP contribution in [0.4, 0.5) is 0 Å². The first-order chi connectivity index (χ1) is 9.99. The fourth-order valence-electron chi connectivity index (χ4n) is 2.52. The van der Waals surface area contributed by atoms with Crippen LogP contribution in [0.25, 0.3) is 0 Å². The van der Waals surface area contributed by atoms with Gasteiger partial charge in [-0.25, -0.2) is 0 Å². The summed E-state index contributed by atoms with van der Waals surface area (Å²) in [5.41, 5.74) is 0. The van der Waals surface area contributed by atoms with Crippen LogP contribution in [0.1, 0.15) is 38.9 Å². The smallest absolute Gasteiger partial charge is 0.280 e. The van der Waals surface area contributed by atoms with Crippen LogP contribution in [-0.4, -0.2) is 37.9 Å². The van der Waals surface area contributed by atoms with Crippen molar-refractivity contribution >= 4 is 10.2 Å². The summed E-state index contributed by atoms with van der Waals surface area (Å²) in [7, 11) is -3.47. The predicted octanol–water partition coefficient (Wildman–Crippen LogP) is 1.47. The van der Waals surface area contributed by atoms with E-state index in [0.29, 0.717) is 24.9 Å². The van der Waals surface area contributed by atoms with Crippen LogP contribution in [0, 0.1) is 0 Å². The largest absolute Gasteiger partial charge is 0.468 e. The topological polar surface area (TPSA) is 74.6 Å². The van der Waals surface area contributed by atoms with E-state index in [1.54, 1.807) is 22.7 Å². The molecule has 0 bridgehead atoms. The first kappa shape index (κ1) is 16.5. The van der Waals surface area contributed by atoms with Crippen molar-refractivity contribution in [3.8, 4) is 0 Å². The molecular weight excluding hydrogens is 290 g/mol. The van der Waals surface area contributed by atoms with E-state index in [9.17, 15) is 8.42 Å². The SMILES string of the molecule is CC(C)NCC1CCCCN1S(=O)(=O)NCc1ccco1. The van der Waals surface area contributed by atoms with Crippen molar-refractivity contribution in [2.75, 3.05) is 13.1 Å². The van der Waals surface area contributed by atoms with Gasteiger partial charge in [-0.05, 0) is 25.0 Å². The molecule has 6 nitrogen and oxygen atoms in total. The van der Waals surface area contributed by atoms with Crippen LogP contribution in [0.2, 0.25) is 0 Å². The van der Waals surface area contributed by atoms with Crippen molar-refractivity contribution in [1.82, 2.24) is 14.3 Å². The van der Waals surface area contributed by atoms with Gasteiger partial charge in [0.2, 0.25) is 0 Å². The number of hydrogen-bond acceptors (Lipinski definition) is 4. The molecule has 1 aromatic rings. The molecule has 0 aromatic carbocycles. The van der Waals surface area contributed by atoms with Crippen molar-refractivity contribution in [2.45, 2.75) is 51.7 Å². The van der Waals surface area contributed by atoms with Gasteiger partial charge >= 0.3 is 0 Å². The monoisotopic (exact) mass is 315 g/mol. The van der Waals surface area contributed by atoms with Gasteiger partial charge in [0.05, 0.1) is 12.8 Å². The summed E-state index contributed by atoms with van der Waals surface area (Å²) in [6.07, 6.45) is 4.44. The average molecular weight is 315 g/mol. The summed E-state index contributed by atoms with van der Waals surface area (Å²) < 4.78 is 34.3. The summed E-state index contributed by atoms with van der Waals surface area (Å²) in [5, 5.41) is 3.33. The van der Waals surface area contributed by atoms with Gasteiger partial charge in [0.1, 0.15) is 5.76 Å². The lowest BCUT2D eigenvalue weighted by atomic mass is 10.0. The second kappa shape index (κ2) is 7.40. The molecule has 1 aromatic heterocycles. The van der Waals surface area contributed by atoms with Crippen molar-refractivity contribution < 1.29 is 12.8 Å². The van der Waals surface area contributed by atoms with E-state index in [1.807, 2.05) is 0 Å². The Morgan fingerprint density at radius 1 is 1.43 bits per heavy atom. The highest BCUT2D eigenvalue weighted by Crippen LogP contribution is 2.19. The standard InChI is InChI=1S/C14H25N3O3S/c1-12(2)15-10-13-6-3-4-8-17(13)21(18,19)16-11-14-7-5-9-20-14/h5,7,9,12-13,15-16H,3-4,6,8,10-11H2,1-2H3. The van der Waals surface area contributed by atoms with E-state index in [2.05, 4.69) is 23.9 Å². The molecule has 1 aliphatic heterocycles. The van der Waals surface area contributed by atoms with E-state index >= 15 is 0 Å². The summed E-state index contributed by atoms with van der Waals surface area (Å²) in [5.74, 6) is 0.618. The Morgan fingerprint density at radius 2 is 2.24 bits per heavy atom. The van der Waals surface area contributed by atoms with Crippen LogP contribution in [-0.2, 0) is 16.8 Å². The Hall–Kier alpha value is -0.890. The van der Waals surface area contributed by atoms with Gasteiger partial charge in [-0.3, -0.25) is 0 Å². The van der Waals surface area contributed by atoms with E-state index < -0.39 is 10.2 Å². The molecule has 7 heteroatoms. The van der Waals surface area contributed by atoms with Gasteiger partial charge in [0, 0.05) is 25.2 Å². The molecule has 0 spiro atoms. The molecule has 0 amide bonds. The second-order valence-corrected chi connectivity index (χ2v) is 7.44. The Bertz CT molecular complexity index is 514. The number of nitrogens with zero attached hydrogens (tertiary/aromatic N) is 1. The lowest BCUT2D eigenvalue weighted by molar-refractivity contribution is 0.239. The molecule has 1 saturated heterocycles. The van der Waals surface area contributed by atoms with E-state index in [-0.39, 0.29) is 12.6 Å². The summed E-state index contributed by atoms with van der Waals surface area (Å²) >= 11 is 0. The number of nitrogens with one attached hydrogen (secondary N) is 2. The maximum absolute atomic E-state index is 12.5. The zero-order valence-corrected chi connectivity index (χ0v) is 13.5. The van der Waals surface area contributed by atoms with Crippen molar-refractivity contribution in [3.05, 3.63) is 24.2 Å². The molecular formula is C14H25N3O3S. The summed E-state index contributed by atoms with van der Waals surface area (Å²) in [6.45, 7) is 5.60. The maximum Gasteiger partial charge on any atom is 0.280 e. The lowest BCUT2D eigenvalue weighted by Gasteiger charge is -2.35. The molecule has 2 heterocycles. The van der Waals surface area contributed by atoms with Crippen LogP contribution in [0.5, 0.6) is 0 Å². The Labute approximate surface area is 127 Å². The third kappa shape index (κ3) is 4.81. The zero-order valence-electron chi connectivity index (χ0n) is 12.7. The van der Waals surface area contributed by atoms with Gasteiger partial charge in [-0.2, -0.15) is 17.4 Å². The molecule has 120 valence electrons. The summed E-state index contributed by atoms with van der Waals surface area (Å²) in [6, 6.07) is 3.89. The van der Waals surface area contributed by atoms with Gasteiger partial charge in [-0.1, -0.05) is 20.3 Å². The minimum Gasteiger partial charge on any atom is -0.468 e. The molecule has 1 fully saturated rings. The number of piperidine rings is 1. The quantitative estimate of drug-likeness (QED) is 0.799. The average Bonchev–Trinajstić information content (AvgIpc) is 2.97. The molecule has 0 aliphatic carbocycles. The van der Waals surface area contributed by atoms with E-state index in [4.69, 9.17) is 4.42 Å². The molecule has 2 N–H and O–H groups in total. The van der Waals surface area contributed by atoms with E-state index in [1.165, 1.54) is 0 Å². The highest BCUT2D eigenvalue weighted by molar-refractivity contribution is 7.87. The Kier molecular flexibility index (Phi) is 5.80. The second-order valence-electron chi connectivity index (χ2n) is 5.73. The van der Waals surface area contributed by atoms with Gasteiger partial charge < -0.3 is 9.73 Å². The molecule has 2 rings (SSSR count). The summed E-state index contributed by atoms with van der Waals surface area (Å²) in [4.78, 5) is 0. The number of rotatable bonds is 7. The number of furan rings is 1. The molecule has 21 heavy (non-hydrogen) atoms. The lowest BCUT2D eigenvalue weighted by Crippen LogP contribution is -2.52. The highest BCUT2D eigenvalue weighted by Gasteiger charge is 2.31. The Balaban J connectivity index is 1.97. The molecule has 0 saturated carbocycles. The number of hydrogen-bond donors (Lipinski definition) is 2. The fourth-order valence-corrected chi connectivity index (χ4v) is 3.96. The molecule has 1 atom stereocenters. The Morgan fingerprint density at radius 3 is 2.90 bits per heavy atom. The fraction of sp³-hybridized carbons (Fsp3) is 0.714. The van der Waals surface area contributed by atoms with Gasteiger partial charge in [0.15, 0.2) is 0 Å². The third-order valence-corrected chi connectivity index (χ3v) is 5.26. The van der Waals surface area contributed by atoms with Gasteiger partial charge in [0.25, 0.3) is 10.2 Å². The highest BCUT2D eigenvalue weighted by atomic mass is 32.2. The van der Waals surface area contributed by atoms with Crippen LogP contribution >= 0.6 is 0 Å². The van der Waals surface area contributed by atoms with Gasteiger partial charge in [-0.15, -0.1) is 0 Å². The first-order valence-corrected chi connectivity index (χ1v) is 8.95. The minimum absolute atomic E-state index is 0.0234. The molecule has 1 unspecified atom stereocenters. The minimum atomic E-state index is -3.47.